The zero-order chi connectivity index (χ0) is 13.7. The number of methoxy groups -OCH3 is 1. The topological polar surface area (TPSA) is 51.4 Å². The van der Waals surface area contributed by atoms with Gasteiger partial charge >= 0.3 is 0 Å². The summed E-state index contributed by atoms with van der Waals surface area (Å²) >= 11 is 0. The average molecular weight is 257 g/mol. The second-order valence-electron chi connectivity index (χ2n) is 4.56. The van der Waals surface area contributed by atoms with E-state index in [0.29, 0.717) is 5.69 Å². The van der Waals surface area contributed by atoms with Crippen molar-refractivity contribution in [2.24, 2.45) is 0 Å². The molecule has 0 aliphatic carbocycles. The quantitative estimate of drug-likeness (QED) is 0.835. The maximum absolute atomic E-state index is 5.75. The van der Waals surface area contributed by atoms with E-state index in [9.17, 15) is 0 Å². The fourth-order valence-electron chi connectivity index (χ4n) is 2.01. The number of nitrogens with two attached hydrogens (primary N) is 1. The Morgan fingerprint density at radius 1 is 1.21 bits per heavy atom. The van der Waals surface area contributed by atoms with Crippen LogP contribution >= 0.6 is 0 Å². The molecule has 0 radical (unpaired) electrons. The van der Waals surface area contributed by atoms with Crippen LogP contribution in [0.25, 0.3) is 0 Å². The van der Waals surface area contributed by atoms with Gasteiger partial charge in [-0.2, -0.15) is 0 Å². The lowest BCUT2D eigenvalue weighted by molar-refractivity contribution is 0.306. The molecule has 0 fully saturated rings. The zero-order valence-electron chi connectivity index (χ0n) is 11.3. The van der Waals surface area contributed by atoms with Crippen LogP contribution in [0.1, 0.15) is 11.3 Å². The minimum Gasteiger partial charge on any atom is -0.496 e. The SMILES string of the molecule is COc1cc(N)ccc1CN(C)Cc1ccccn1. The minimum atomic E-state index is 0.716. The van der Waals surface area contributed by atoms with Crippen molar-refractivity contribution in [3.05, 3.63) is 53.9 Å². The number of nitrogen functional groups attached to an aromatic ring is 1. The van der Waals surface area contributed by atoms with Crippen LogP contribution in [0.4, 0.5) is 5.69 Å². The van der Waals surface area contributed by atoms with E-state index in [1.807, 2.05) is 42.6 Å². The standard InChI is InChI=1S/C15H19N3O/c1-18(11-14-5-3-4-8-17-14)10-12-6-7-13(16)9-15(12)19-2/h3-9H,10-11,16H2,1-2H3. The van der Waals surface area contributed by atoms with Gasteiger partial charge in [0.25, 0.3) is 0 Å². The molecule has 19 heavy (non-hydrogen) atoms. The lowest BCUT2D eigenvalue weighted by atomic mass is 10.1. The van der Waals surface area contributed by atoms with Crippen LogP contribution in [0.3, 0.4) is 0 Å². The van der Waals surface area contributed by atoms with Crippen LogP contribution in [-0.4, -0.2) is 24.0 Å². The molecule has 2 N–H and O–H groups in total. The predicted octanol–water partition coefficient (Wildman–Crippen LogP) is 2.30. The second-order valence-corrected chi connectivity index (χ2v) is 4.56. The van der Waals surface area contributed by atoms with Crippen LogP contribution in [0.15, 0.2) is 42.6 Å². The Labute approximate surface area is 113 Å². The van der Waals surface area contributed by atoms with E-state index in [2.05, 4.69) is 16.9 Å². The summed E-state index contributed by atoms with van der Waals surface area (Å²) in [4.78, 5) is 6.51. The summed E-state index contributed by atoms with van der Waals surface area (Å²) in [5.74, 6) is 0.827. The van der Waals surface area contributed by atoms with Crippen LogP contribution < -0.4 is 10.5 Å². The Hall–Kier alpha value is -2.07. The summed E-state index contributed by atoms with van der Waals surface area (Å²) in [6.45, 7) is 1.59. The van der Waals surface area contributed by atoms with E-state index in [-0.39, 0.29) is 0 Å². The highest BCUT2D eigenvalue weighted by molar-refractivity contribution is 5.48. The van der Waals surface area contributed by atoms with Gasteiger partial charge in [0, 0.05) is 36.6 Å². The maximum atomic E-state index is 5.75. The van der Waals surface area contributed by atoms with Crippen molar-refractivity contribution in [1.29, 1.82) is 0 Å². The molecule has 100 valence electrons. The molecule has 0 amide bonds. The van der Waals surface area contributed by atoms with Gasteiger partial charge in [-0.05, 0) is 25.2 Å². The van der Waals surface area contributed by atoms with Gasteiger partial charge in [0.2, 0.25) is 0 Å². The second kappa shape index (κ2) is 6.20. The minimum absolute atomic E-state index is 0.716. The molecule has 0 saturated carbocycles. The van der Waals surface area contributed by atoms with Gasteiger partial charge in [-0.25, -0.2) is 0 Å². The molecule has 2 rings (SSSR count). The Bertz CT molecular complexity index is 528. The van der Waals surface area contributed by atoms with Crippen molar-refractivity contribution >= 4 is 5.69 Å². The van der Waals surface area contributed by atoms with Crippen molar-refractivity contribution in [3.63, 3.8) is 0 Å². The molecule has 4 nitrogen and oxygen atoms in total. The monoisotopic (exact) mass is 257 g/mol. The molecule has 4 heteroatoms. The molecule has 0 aliphatic rings. The summed E-state index contributed by atoms with van der Waals surface area (Å²) in [6, 6.07) is 11.7. The molecular formula is C15H19N3O. The van der Waals surface area contributed by atoms with Crippen molar-refractivity contribution < 1.29 is 4.74 Å². The largest absolute Gasteiger partial charge is 0.496 e. The first-order chi connectivity index (χ1) is 9.19. The van der Waals surface area contributed by atoms with E-state index in [1.165, 1.54) is 0 Å². The van der Waals surface area contributed by atoms with Gasteiger partial charge in [0.15, 0.2) is 0 Å². The maximum Gasteiger partial charge on any atom is 0.125 e. The highest BCUT2D eigenvalue weighted by Gasteiger charge is 2.07. The number of pyridine rings is 1. The van der Waals surface area contributed by atoms with E-state index in [1.54, 1.807) is 7.11 Å². The first kappa shape index (κ1) is 13.4. The van der Waals surface area contributed by atoms with Gasteiger partial charge in [0.1, 0.15) is 5.75 Å². The van der Waals surface area contributed by atoms with Crippen molar-refractivity contribution in [3.8, 4) is 5.75 Å². The molecule has 0 atom stereocenters. The molecule has 0 spiro atoms. The number of hydrogen-bond donors (Lipinski definition) is 1. The fraction of sp³-hybridized carbons (Fsp3) is 0.267. The van der Waals surface area contributed by atoms with Gasteiger partial charge in [-0.3, -0.25) is 9.88 Å². The fourth-order valence-corrected chi connectivity index (χ4v) is 2.01. The number of hydrogen-bond acceptors (Lipinski definition) is 4. The van der Waals surface area contributed by atoms with Gasteiger partial charge in [-0.1, -0.05) is 12.1 Å². The highest BCUT2D eigenvalue weighted by atomic mass is 16.5. The van der Waals surface area contributed by atoms with E-state index in [4.69, 9.17) is 10.5 Å². The molecule has 1 heterocycles. The predicted molar refractivity (Wildman–Crippen MR) is 76.8 cm³/mol. The number of aromatic nitrogens is 1. The molecule has 0 aliphatic heterocycles. The molecule has 0 saturated heterocycles. The number of nitrogens with zero attached hydrogens (tertiary/aromatic N) is 2. The van der Waals surface area contributed by atoms with E-state index < -0.39 is 0 Å². The number of anilines is 1. The third kappa shape index (κ3) is 3.69. The van der Waals surface area contributed by atoms with Crippen molar-refractivity contribution in [1.82, 2.24) is 9.88 Å². The Morgan fingerprint density at radius 3 is 2.74 bits per heavy atom. The first-order valence-corrected chi connectivity index (χ1v) is 6.20. The lowest BCUT2D eigenvalue weighted by Gasteiger charge is -2.18. The van der Waals surface area contributed by atoms with Crippen LogP contribution in [0, 0.1) is 0 Å². The van der Waals surface area contributed by atoms with E-state index in [0.717, 1.165) is 30.1 Å². The first-order valence-electron chi connectivity index (χ1n) is 6.20. The molecule has 0 unspecified atom stereocenters. The highest BCUT2D eigenvalue weighted by Crippen LogP contribution is 2.22. The van der Waals surface area contributed by atoms with Crippen LogP contribution in [-0.2, 0) is 13.1 Å². The summed E-state index contributed by atoms with van der Waals surface area (Å²) < 4.78 is 5.35. The lowest BCUT2D eigenvalue weighted by Crippen LogP contribution is -2.18. The molecule has 1 aromatic heterocycles. The van der Waals surface area contributed by atoms with Crippen LogP contribution in [0.2, 0.25) is 0 Å². The average Bonchev–Trinajstić information content (AvgIpc) is 2.42. The summed E-state index contributed by atoms with van der Waals surface area (Å²) in [5, 5.41) is 0. The third-order valence-corrected chi connectivity index (χ3v) is 2.91. The van der Waals surface area contributed by atoms with Gasteiger partial charge in [0.05, 0.1) is 12.8 Å². The summed E-state index contributed by atoms with van der Waals surface area (Å²) in [5.41, 5.74) is 8.65. The summed E-state index contributed by atoms with van der Waals surface area (Å²) in [7, 11) is 3.72. The summed E-state index contributed by atoms with van der Waals surface area (Å²) in [6.07, 6.45) is 1.81. The molecule has 0 bridgehead atoms. The van der Waals surface area contributed by atoms with Crippen molar-refractivity contribution in [2.75, 3.05) is 19.9 Å². The Morgan fingerprint density at radius 2 is 2.05 bits per heavy atom. The zero-order valence-corrected chi connectivity index (χ0v) is 11.3. The van der Waals surface area contributed by atoms with E-state index >= 15 is 0 Å². The Balaban J connectivity index is 2.04. The number of ether oxygens (including phenoxy) is 1. The molecule has 2 aromatic rings. The van der Waals surface area contributed by atoms with Crippen LogP contribution in [0.5, 0.6) is 5.75 Å². The molecular weight excluding hydrogens is 238 g/mol. The Kier molecular flexibility index (Phi) is 4.36. The number of rotatable bonds is 5. The van der Waals surface area contributed by atoms with Gasteiger partial charge in [-0.15, -0.1) is 0 Å². The third-order valence-electron chi connectivity index (χ3n) is 2.91. The van der Waals surface area contributed by atoms with Crippen molar-refractivity contribution in [2.45, 2.75) is 13.1 Å². The number of benzene rings is 1. The normalized spacial score (nSPS) is 10.7. The molecule has 1 aromatic carbocycles. The van der Waals surface area contributed by atoms with Gasteiger partial charge < -0.3 is 10.5 Å². The smallest absolute Gasteiger partial charge is 0.125 e.